The number of guanidine groups is 1. The van der Waals surface area contributed by atoms with E-state index in [1.165, 1.54) is 9.75 Å². The Morgan fingerprint density at radius 1 is 1.17 bits per heavy atom. The van der Waals surface area contributed by atoms with E-state index in [1.54, 1.807) is 11.3 Å². The monoisotopic (exact) mass is 461 g/mol. The quantitative estimate of drug-likeness (QED) is 0.365. The van der Waals surface area contributed by atoms with Gasteiger partial charge in [-0.05, 0) is 45.0 Å². The fraction of sp³-hybridized carbons (Fsp3) is 0.353. The molecule has 0 saturated heterocycles. The average molecular weight is 461 g/mol. The number of hydrogen-bond donors (Lipinski definition) is 2. The Kier molecular flexibility index (Phi) is 8.91. The van der Waals surface area contributed by atoms with Crippen molar-refractivity contribution < 1.29 is 9.47 Å². The molecule has 0 saturated carbocycles. The van der Waals surface area contributed by atoms with Crippen LogP contribution in [0.25, 0.3) is 0 Å². The van der Waals surface area contributed by atoms with Crippen molar-refractivity contribution in [3.05, 3.63) is 40.1 Å². The van der Waals surface area contributed by atoms with Crippen molar-refractivity contribution in [1.82, 2.24) is 0 Å². The minimum absolute atomic E-state index is 0. The number of thiophene rings is 1. The standard InChI is InChI=1S/C17H23N3O2S.HI/c1-4-21-13-7-9-16(22-5-2)15(10-13)20-17(18)19-11-14-8-6-12(3)23-14;/h6-10H,4-5,11H2,1-3H3,(H3,18,19,20);1H. The fourth-order valence-corrected chi connectivity index (χ4v) is 2.87. The molecule has 2 rings (SSSR count). The van der Waals surface area contributed by atoms with Crippen molar-refractivity contribution in [2.24, 2.45) is 10.7 Å². The normalized spacial score (nSPS) is 10.9. The molecule has 1 aromatic heterocycles. The van der Waals surface area contributed by atoms with Gasteiger partial charge in [0, 0.05) is 15.8 Å². The summed E-state index contributed by atoms with van der Waals surface area (Å²) in [5, 5.41) is 3.10. The van der Waals surface area contributed by atoms with Crippen LogP contribution >= 0.6 is 35.3 Å². The molecule has 0 atom stereocenters. The molecule has 1 aromatic carbocycles. The lowest BCUT2D eigenvalue weighted by Gasteiger charge is -2.13. The Morgan fingerprint density at radius 3 is 2.54 bits per heavy atom. The summed E-state index contributed by atoms with van der Waals surface area (Å²) in [5.74, 6) is 1.84. The molecule has 1 heterocycles. The Balaban J connectivity index is 0.00000288. The van der Waals surface area contributed by atoms with Gasteiger partial charge in [-0.25, -0.2) is 4.99 Å². The molecular formula is C17H24IN3O2S. The second-order valence-electron chi connectivity index (χ2n) is 4.86. The van der Waals surface area contributed by atoms with Crippen molar-refractivity contribution >= 4 is 47.0 Å². The van der Waals surface area contributed by atoms with Gasteiger partial charge in [0.15, 0.2) is 5.96 Å². The highest BCUT2D eigenvalue weighted by molar-refractivity contribution is 14.0. The molecule has 0 aliphatic heterocycles. The predicted molar refractivity (Wildman–Crippen MR) is 112 cm³/mol. The molecule has 0 aliphatic rings. The Bertz CT molecular complexity index is 674. The Hall–Kier alpha value is -1.48. The summed E-state index contributed by atoms with van der Waals surface area (Å²) in [6.07, 6.45) is 0. The predicted octanol–water partition coefficient (Wildman–Crippen LogP) is 4.40. The number of nitrogens with two attached hydrogens (primary N) is 1. The summed E-state index contributed by atoms with van der Waals surface area (Å²) in [6.45, 7) is 7.71. The first-order valence-corrected chi connectivity index (χ1v) is 8.46. The van der Waals surface area contributed by atoms with E-state index in [1.807, 2.05) is 32.0 Å². The average Bonchev–Trinajstić information content (AvgIpc) is 2.94. The van der Waals surface area contributed by atoms with E-state index in [9.17, 15) is 0 Å². The molecule has 0 bridgehead atoms. The summed E-state index contributed by atoms with van der Waals surface area (Å²) in [7, 11) is 0. The second kappa shape index (κ2) is 10.4. The number of anilines is 1. The molecule has 0 fully saturated rings. The molecule has 0 amide bonds. The third kappa shape index (κ3) is 6.20. The second-order valence-corrected chi connectivity index (χ2v) is 6.24. The highest BCUT2D eigenvalue weighted by Crippen LogP contribution is 2.29. The minimum atomic E-state index is 0. The van der Waals surface area contributed by atoms with Crippen molar-refractivity contribution in [3.8, 4) is 11.5 Å². The van der Waals surface area contributed by atoms with Crippen LogP contribution < -0.4 is 20.5 Å². The summed E-state index contributed by atoms with van der Waals surface area (Å²) in [5.41, 5.74) is 6.75. The van der Waals surface area contributed by atoms with Gasteiger partial charge in [-0.2, -0.15) is 0 Å². The van der Waals surface area contributed by atoms with E-state index in [0.29, 0.717) is 25.7 Å². The summed E-state index contributed by atoms with van der Waals surface area (Å²) in [4.78, 5) is 6.83. The van der Waals surface area contributed by atoms with E-state index in [0.717, 1.165) is 17.2 Å². The van der Waals surface area contributed by atoms with Crippen molar-refractivity contribution in [2.45, 2.75) is 27.3 Å². The van der Waals surface area contributed by atoms with E-state index in [4.69, 9.17) is 15.2 Å². The van der Waals surface area contributed by atoms with Crippen LogP contribution in [0, 0.1) is 6.92 Å². The van der Waals surface area contributed by atoms with E-state index in [-0.39, 0.29) is 24.0 Å². The molecule has 0 spiro atoms. The summed E-state index contributed by atoms with van der Waals surface area (Å²) < 4.78 is 11.1. The van der Waals surface area contributed by atoms with E-state index in [2.05, 4.69) is 29.4 Å². The van der Waals surface area contributed by atoms with Crippen LogP contribution in [-0.4, -0.2) is 19.2 Å². The highest BCUT2D eigenvalue weighted by atomic mass is 127. The largest absolute Gasteiger partial charge is 0.494 e. The molecule has 24 heavy (non-hydrogen) atoms. The van der Waals surface area contributed by atoms with Crippen LogP contribution in [-0.2, 0) is 6.54 Å². The van der Waals surface area contributed by atoms with Gasteiger partial charge in [0.05, 0.1) is 25.4 Å². The number of hydrogen-bond acceptors (Lipinski definition) is 4. The Morgan fingerprint density at radius 2 is 1.92 bits per heavy atom. The molecule has 0 radical (unpaired) electrons. The molecule has 7 heteroatoms. The molecule has 3 N–H and O–H groups in total. The van der Waals surface area contributed by atoms with Gasteiger partial charge in [0.1, 0.15) is 11.5 Å². The molecule has 5 nitrogen and oxygen atoms in total. The SMILES string of the molecule is CCOc1ccc(OCC)c(NC(N)=NCc2ccc(C)s2)c1.I. The minimum Gasteiger partial charge on any atom is -0.494 e. The van der Waals surface area contributed by atoms with Gasteiger partial charge in [-0.15, -0.1) is 35.3 Å². The smallest absolute Gasteiger partial charge is 0.193 e. The molecule has 0 aliphatic carbocycles. The van der Waals surface area contributed by atoms with Crippen molar-refractivity contribution in [1.29, 1.82) is 0 Å². The van der Waals surface area contributed by atoms with Crippen LogP contribution in [0.5, 0.6) is 11.5 Å². The number of benzene rings is 1. The van der Waals surface area contributed by atoms with Gasteiger partial charge in [-0.3, -0.25) is 0 Å². The third-order valence-electron chi connectivity index (χ3n) is 3.03. The first-order chi connectivity index (χ1) is 11.1. The Labute approximate surface area is 164 Å². The van der Waals surface area contributed by atoms with Gasteiger partial charge in [-0.1, -0.05) is 0 Å². The molecular weight excluding hydrogens is 437 g/mol. The van der Waals surface area contributed by atoms with E-state index >= 15 is 0 Å². The van der Waals surface area contributed by atoms with E-state index < -0.39 is 0 Å². The fourth-order valence-electron chi connectivity index (χ4n) is 2.06. The summed E-state index contributed by atoms with van der Waals surface area (Å²) in [6, 6.07) is 9.76. The lowest BCUT2D eigenvalue weighted by Crippen LogP contribution is -2.23. The first kappa shape index (κ1) is 20.6. The van der Waals surface area contributed by atoms with Gasteiger partial charge < -0.3 is 20.5 Å². The first-order valence-electron chi connectivity index (χ1n) is 7.64. The van der Waals surface area contributed by atoms with Crippen LogP contribution in [0.2, 0.25) is 0 Å². The van der Waals surface area contributed by atoms with Gasteiger partial charge >= 0.3 is 0 Å². The number of rotatable bonds is 7. The number of ether oxygens (including phenoxy) is 2. The van der Waals surface area contributed by atoms with Crippen LogP contribution in [0.1, 0.15) is 23.6 Å². The van der Waals surface area contributed by atoms with Crippen LogP contribution in [0.15, 0.2) is 35.3 Å². The maximum Gasteiger partial charge on any atom is 0.193 e. The number of nitrogens with zero attached hydrogens (tertiary/aromatic N) is 1. The zero-order chi connectivity index (χ0) is 16.7. The number of aliphatic imine (C=N–C) groups is 1. The van der Waals surface area contributed by atoms with Gasteiger partial charge in [0.2, 0.25) is 0 Å². The molecule has 0 unspecified atom stereocenters. The zero-order valence-electron chi connectivity index (χ0n) is 14.2. The maximum atomic E-state index is 6.00. The number of nitrogens with one attached hydrogen (secondary N) is 1. The highest BCUT2D eigenvalue weighted by Gasteiger charge is 2.07. The number of halogens is 1. The third-order valence-corrected chi connectivity index (χ3v) is 4.01. The van der Waals surface area contributed by atoms with Crippen molar-refractivity contribution in [3.63, 3.8) is 0 Å². The molecule has 132 valence electrons. The van der Waals surface area contributed by atoms with Crippen LogP contribution in [0.3, 0.4) is 0 Å². The van der Waals surface area contributed by atoms with Crippen molar-refractivity contribution in [2.75, 3.05) is 18.5 Å². The summed E-state index contributed by atoms with van der Waals surface area (Å²) >= 11 is 1.72. The maximum absolute atomic E-state index is 6.00. The van der Waals surface area contributed by atoms with Crippen LogP contribution in [0.4, 0.5) is 5.69 Å². The lowest BCUT2D eigenvalue weighted by molar-refractivity contribution is 0.332. The van der Waals surface area contributed by atoms with Gasteiger partial charge in [0.25, 0.3) is 0 Å². The molecule has 2 aromatic rings. The topological polar surface area (TPSA) is 68.9 Å². The number of aryl methyl sites for hydroxylation is 1. The zero-order valence-corrected chi connectivity index (χ0v) is 17.3. The lowest BCUT2D eigenvalue weighted by atomic mass is 10.2.